The lowest BCUT2D eigenvalue weighted by Crippen LogP contribution is -2.07. The smallest absolute Gasteiger partial charge is 0.221 e. The zero-order chi connectivity index (χ0) is 11.1. The molecule has 80 valence electrons. The molecule has 0 saturated carbocycles. The van der Waals surface area contributed by atoms with Crippen LogP contribution in [0, 0.1) is 0 Å². The second-order valence-corrected chi connectivity index (χ2v) is 3.23. The van der Waals surface area contributed by atoms with Gasteiger partial charge in [0.15, 0.2) is 0 Å². The summed E-state index contributed by atoms with van der Waals surface area (Å²) in [5.74, 6) is -0.0514. The van der Waals surface area contributed by atoms with Crippen LogP contribution in [0.5, 0.6) is 0 Å². The molecule has 0 aliphatic rings. The molecule has 0 atom stereocenters. The molecule has 0 bridgehead atoms. The number of nitrogens with one attached hydrogen (secondary N) is 2. The third kappa shape index (κ3) is 3.95. The molecule has 1 amide bonds. The fourth-order valence-corrected chi connectivity index (χ4v) is 1.25. The fourth-order valence-electron chi connectivity index (χ4n) is 1.25. The predicted molar refractivity (Wildman–Crippen MR) is 63.7 cm³/mol. The second kappa shape index (κ2) is 5.98. The molecule has 0 fully saturated rings. The first kappa shape index (κ1) is 11.5. The largest absolute Gasteiger partial charge is 0.326 e. The van der Waals surface area contributed by atoms with Crippen LogP contribution in [0.4, 0.5) is 5.69 Å². The molecular weight excluding hydrogens is 188 g/mol. The monoisotopic (exact) mass is 204 g/mol. The van der Waals surface area contributed by atoms with Crippen molar-refractivity contribution >= 4 is 17.7 Å². The molecule has 1 rings (SSSR count). The van der Waals surface area contributed by atoms with Gasteiger partial charge in [-0.25, -0.2) is 0 Å². The van der Waals surface area contributed by atoms with Crippen molar-refractivity contribution in [3.63, 3.8) is 0 Å². The lowest BCUT2D eigenvalue weighted by Gasteiger charge is -2.05. The van der Waals surface area contributed by atoms with Gasteiger partial charge in [-0.05, 0) is 18.7 Å². The molecule has 0 unspecified atom stereocenters. The number of benzene rings is 1. The van der Waals surface area contributed by atoms with E-state index in [1.807, 2.05) is 43.5 Å². The molecule has 2 N–H and O–H groups in total. The summed E-state index contributed by atoms with van der Waals surface area (Å²) in [6.45, 7) is 2.32. The minimum atomic E-state index is -0.0514. The van der Waals surface area contributed by atoms with Crippen molar-refractivity contribution < 1.29 is 4.79 Å². The second-order valence-electron chi connectivity index (χ2n) is 3.23. The highest BCUT2D eigenvalue weighted by molar-refractivity contribution is 5.91. The summed E-state index contributed by atoms with van der Waals surface area (Å²) in [4.78, 5) is 10.9. The summed E-state index contributed by atoms with van der Waals surface area (Å²) in [6.07, 6.45) is 4.00. The van der Waals surface area contributed by atoms with Crippen LogP contribution in [0.3, 0.4) is 0 Å². The van der Waals surface area contributed by atoms with Crippen molar-refractivity contribution in [3.8, 4) is 0 Å². The molecule has 0 spiro atoms. The first-order valence-corrected chi connectivity index (χ1v) is 4.92. The third-order valence-electron chi connectivity index (χ3n) is 1.89. The van der Waals surface area contributed by atoms with Gasteiger partial charge in [-0.3, -0.25) is 4.79 Å². The van der Waals surface area contributed by atoms with Crippen molar-refractivity contribution in [2.45, 2.75) is 6.92 Å². The van der Waals surface area contributed by atoms with Crippen LogP contribution < -0.4 is 10.6 Å². The fraction of sp³-hybridized carbons (Fsp3) is 0.250. The maximum absolute atomic E-state index is 10.9. The lowest BCUT2D eigenvalue weighted by molar-refractivity contribution is -0.114. The normalized spacial score (nSPS) is 10.5. The molecule has 0 aromatic heterocycles. The van der Waals surface area contributed by atoms with Gasteiger partial charge in [0.25, 0.3) is 0 Å². The van der Waals surface area contributed by atoms with E-state index in [2.05, 4.69) is 10.6 Å². The van der Waals surface area contributed by atoms with E-state index in [0.29, 0.717) is 0 Å². The molecule has 0 saturated heterocycles. The Hall–Kier alpha value is -1.61. The molecule has 0 aliphatic heterocycles. The van der Waals surface area contributed by atoms with Gasteiger partial charge < -0.3 is 10.6 Å². The molecule has 0 heterocycles. The third-order valence-corrected chi connectivity index (χ3v) is 1.89. The summed E-state index contributed by atoms with van der Waals surface area (Å²) in [7, 11) is 1.89. The summed E-state index contributed by atoms with van der Waals surface area (Å²) >= 11 is 0. The van der Waals surface area contributed by atoms with Crippen molar-refractivity contribution in [2.24, 2.45) is 0 Å². The van der Waals surface area contributed by atoms with Crippen LogP contribution in [0.15, 0.2) is 30.3 Å². The number of hydrogen-bond donors (Lipinski definition) is 2. The summed E-state index contributed by atoms with van der Waals surface area (Å²) in [5.41, 5.74) is 1.86. The summed E-state index contributed by atoms with van der Waals surface area (Å²) in [5, 5.41) is 5.81. The Bertz CT molecular complexity index is 358. The summed E-state index contributed by atoms with van der Waals surface area (Å²) < 4.78 is 0. The molecule has 15 heavy (non-hydrogen) atoms. The highest BCUT2D eigenvalue weighted by atomic mass is 16.1. The van der Waals surface area contributed by atoms with E-state index in [9.17, 15) is 4.79 Å². The average Bonchev–Trinajstić information content (AvgIpc) is 2.20. The number of rotatable bonds is 4. The topological polar surface area (TPSA) is 41.1 Å². The van der Waals surface area contributed by atoms with Gasteiger partial charge in [0, 0.05) is 19.2 Å². The van der Waals surface area contributed by atoms with Gasteiger partial charge in [0.1, 0.15) is 0 Å². The SMILES string of the molecule is CNCC=Cc1ccccc1NC(C)=O. The van der Waals surface area contributed by atoms with Crippen molar-refractivity contribution in [3.05, 3.63) is 35.9 Å². The molecule has 0 radical (unpaired) electrons. The Morgan fingerprint density at radius 3 is 2.80 bits per heavy atom. The standard InChI is InChI=1S/C12H16N2O/c1-10(15)14-12-8-4-3-6-11(12)7-5-9-13-2/h3-8,13H,9H2,1-2H3,(H,14,15). The van der Waals surface area contributed by atoms with Crippen LogP contribution in [-0.2, 0) is 4.79 Å². The van der Waals surface area contributed by atoms with Crippen LogP contribution in [-0.4, -0.2) is 19.5 Å². The summed E-state index contributed by atoms with van der Waals surface area (Å²) in [6, 6.07) is 7.71. The van der Waals surface area contributed by atoms with E-state index < -0.39 is 0 Å². The van der Waals surface area contributed by atoms with E-state index in [1.54, 1.807) is 0 Å². The number of carbonyl (C=O) groups is 1. The van der Waals surface area contributed by atoms with Gasteiger partial charge in [0.2, 0.25) is 5.91 Å². The number of para-hydroxylation sites is 1. The average molecular weight is 204 g/mol. The first-order chi connectivity index (χ1) is 7.24. The Kier molecular flexibility index (Phi) is 4.57. The van der Waals surface area contributed by atoms with E-state index in [0.717, 1.165) is 17.8 Å². The van der Waals surface area contributed by atoms with Gasteiger partial charge in [-0.15, -0.1) is 0 Å². The lowest BCUT2D eigenvalue weighted by atomic mass is 10.1. The Morgan fingerprint density at radius 1 is 1.40 bits per heavy atom. The predicted octanol–water partition coefficient (Wildman–Crippen LogP) is 1.88. The van der Waals surface area contributed by atoms with Crippen LogP contribution in [0.1, 0.15) is 12.5 Å². The van der Waals surface area contributed by atoms with E-state index in [1.165, 1.54) is 6.92 Å². The number of carbonyl (C=O) groups excluding carboxylic acids is 1. The maximum atomic E-state index is 10.9. The van der Waals surface area contributed by atoms with E-state index >= 15 is 0 Å². The number of likely N-dealkylation sites (N-methyl/N-ethyl adjacent to an activating group) is 1. The van der Waals surface area contributed by atoms with Crippen molar-refractivity contribution in [1.82, 2.24) is 5.32 Å². The maximum Gasteiger partial charge on any atom is 0.221 e. The Labute approximate surface area is 90.2 Å². The highest BCUT2D eigenvalue weighted by Gasteiger charge is 1.98. The molecular formula is C12H16N2O. The minimum Gasteiger partial charge on any atom is -0.326 e. The minimum absolute atomic E-state index is 0.0514. The Balaban J connectivity index is 2.81. The first-order valence-electron chi connectivity index (χ1n) is 4.92. The molecule has 3 heteroatoms. The molecule has 0 aliphatic carbocycles. The van der Waals surface area contributed by atoms with Crippen molar-refractivity contribution in [2.75, 3.05) is 18.9 Å². The van der Waals surface area contributed by atoms with Crippen LogP contribution >= 0.6 is 0 Å². The van der Waals surface area contributed by atoms with Gasteiger partial charge >= 0.3 is 0 Å². The zero-order valence-electron chi connectivity index (χ0n) is 9.08. The van der Waals surface area contributed by atoms with Gasteiger partial charge in [-0.1, -0.05) is 30.4 Å². The van der Waals surface area contributed by atoms with Gasteiger partial charge in [0.05, 0.1) is 0 Å². The number of hydrogen-bond acceptors (Lipinski definition) is 2. The molecule has 3 nitrogen and oxygen atoms in total. The number of amides is 1. The highest BCUT2D eigenvalue weighted by Crippen LogP contribution is 2.16. The molecule has 1 aromatic rings. The van der Waals surface area contributed by atoms with Gasteiger partial charge in [-0.2, -0.15) is 0 Å². The Morgan fingerprint density at radius 2 is 2.13 bits per heavy atom. The van der Waals surface area contributed by atoms with E-state index in [-0.39, 0.29) is 5.91 Å². The van der Waals surface area contributed by atoms with Crippen molar-refractivity contribution in [1.29, 1.82) is 0 Å². The number of anilines is 1. The molecule has 1 aromatic carbocycles. The zero-order valence-corrected chi connectivity index (χ0v) is 9.08. The van der Waals surface area contributed by atoms with Crippen LogP contribution in [0.2, 0.25) is 0 Å². The quantitative estimate of drug-likeness (QED) is 0.786. The van der Waals surface area contributed by atoms with Crippen LogP contribution in [0.25, 0.3) is 6.08 Å². The van der Waals surface area contributed by atoms with E-state index in [4.69, 9.17) is 0 Å².